The molecular formula is C27H30F3N5O5S. The number of aliphatic carboxylic acids is 1. The molecule has 0 unspecified atom stereocenters. The fraction of sp³-hybridized carbons (Fsp3) is 0.296. The molecule has 4 rings (SSSR count). The van der Waals surface area contributed by atoms with Crippen LogP contribution in [0.5, 0.6) is 0 Å². The summed E-state index contributed by atoms with van der Waals surface area (Å²) in [6.45, 7) is 7.24. The van der Waals surface area contributed by atoms with E-state index in [4.69, 9.17) is 9.90 Å². The Morgan fingerprint density at radius 1 is 1.05 bits per heavy atom. The van der Waals surface area contributed by atoms with Gasteiger partial charge in [-0.05, 0) is 66.9 Å². The van der Waals surface area contributed by atoms with Crippen molar-refractivity contribution in [2.24, 2.45) is 0 Å². The average molecular weight is 594 g/mol. The molecule has 1 amide bonds. The Morgan fingerprint density at radius 2 is 1.73 bits per heavy atom. The molecule has 1 aliphatic heterocycles. The molecule has 2 aromatic carbocycles. The van der Waals surface area contributed by atoms with E-state index in [2.05, 4.69) is 25.2 Å². The van der Waals surface area contributed by atoms with Gasteiger partial charge in [-0.25, -0.2) is 13.2 Å². The number of alkyl halides is 3. The van der Waals surface area contributed by atoms with Gasteiger partial charge in [-0.3, -0.25) is 14.5 Å². The van der Waals surface area contributed by atoms with Gasteiger partial charge in [-0.2, -0.15) is 13.2 Å². The molecule has 1 aliphatic rings. The Morgan fingerprint density at radius 3 is 2.32 bits per heavy atom. The number of hydrogen-bond donors (Lipinski definition) is 4. The third-order valence-corrected chi connectivity index (χ3v) is 7.53. The zero-order chi connectivity index (χ0) is 30.2. The number of carbonyl (C=O) groups excluding carboxylic acids is 1. The van der Waals surface area contributed by atoms with Crippen LogP contribution in [0.3, 0.4) is 0 Å². The zero-order valence-electron chi connectivity index (χ0n) is 22.3. The summed E-state index contributed by atoms with van der Waals surface area (Å²) < 4.78 is 61.0. The number of anilines is 2. The lowest BCUT2D eigenvalue weighted by molar-refractivity contribution is -0.192. The molecule has 0 spiro atoms. The second-order valence-electron chi connectivity index (χ2n) is 9.17. The van der Waals surface area contributed by atoms with Crippen molar-refractivity contribution >= 4 is 33.3 Å². The number of piperazine rings is 1. The van der Waals surface area contributed by atoms with E-state index in [0.717, 1.165) is 48.6 Å². The number of nitrogens with zero attached hydrogens (tertiary/aromatic N) is 2. The Balaban J connectivity index is 0.000000587. The summed E-state index contributed by atoms with van der Waals surface area (Å²) in [4.78, 5) is 28.1. The molecule has 0 bridgehead atoms. The largest absolute Gasteiger partial charge is 0.490 e. The van der Waals surface area contributed by atoms with Crippen LogP contribution in [0, 0.1) is 13.8 Å². The monoisotopic (exact) mass is 593 g/mol. The van der Waals surface area contributed by atoms with Crippen LogP contribution in [0.15, 0.2) is 65.8 Å². The fourth-order valence-electron chi connectivity index (χ4n) is 3.81. The minimum Gasteiger partial charge on any atom is -0.475 e. The summed E-state index contributed by atoms with van der Waals surface area (Å²) >= 11 is 0. The summed E-state index contributed by atoms with van der Waals surface area (Å²) in [5.74, 6) is -3.05. The maximum atomic E-state index is 13.2. The van der Waals surface area contributed by atoms with Gasteiger partial charge in [-0.1, -0.05) is 12.1 Å². The van der Waals surface area contributed by atoms with E-state index in [9.17, 15) is 26.4 Å². The van der Waals surface area contributed by atoms with Crippen LogP contribution >= 0.6 is 0 Å². The van der Waals surface area contributed by atoms with Crippen molar-refractivity contribution in [3.05, 3.63) is 83.2 Å². The number of hydrogen-bond acceptors (Lipinski definition) is 7. The molecule has 220 valence electrons. The Hall–Kier alpha value is -4.17. The summed E-state index contributed by atoms with van der Waals surface area (Å²) in [5, 5.41) is 13.3. The number of aryl methyl sites for hydroxylation is 2. The van der Waals surface area contributed by atoms with Gasteiger partial charge >= 0.3 is 12.1 Å². The summed E-state index contributed by atoms with van der Waals surface area (Å²) in [5.41, 5.74) is 4.30. The smallest absolute Gasteiger partial charge is 0.475 e. The molecule has 3 aromatic rings. The van der Waals surface area contributed by atoms with E-state index < -0.39 is 22.2 Å². The van der Waals surface area contributed by atoms with Crippen LogP contribution in [0.2, 0.25) is 0 Å². The number of sulfonamides is 1. The van der Waals surface area contributed by atoms with Gasteiger partial charge in [0, 0.05) is 50.7 Å². The number of pyridine rings is 1. The lowest BCUT2D eigenvalue weighted by atomic mass is 10.1. The van der Waals surface area contributed by atoms with Crippen molar-refractivity contribution in [2.45, 2.75) is 31.5 Å². The van der Waals surface area contributed by atoms with E-state index in [-0.39, 0.29) is 10.8 Å². The molecule has 1 fully saturated rings. The van der Waals surface area contributed by atoms with Crippen LogP contribution in [0.25, 0.3) is 0 Å². The predicted molar refractivity (Wildman–Crippen MR) is 147 cm³/mol. The van der Waals surface area contributed by atoms with E-state index in [1.165, 1.54) is 0 Å². The highest BCUT2D eigenvalue weighted by atomic mass is 32.2. The summed E-state index contributed by atoms with van der Waals surface area (Å²) in [6.07, 6.45) is -1.72. The minimum absolute atomic E-state index is 0.188. The van der Waals surface area contributed by atoms with Crippen LogP contribution in [-0.2, 0) is 21.4 Å². The molecule has 1 saturated heterocycles. The van der Waals surface area contributed by atoms with Gasteiger partial charge in [0.05, 0.1) is 16.3 Å². The molecule has 10 nitrogen and oxygen atoms in total. The van der Waals surface area contributed by atoms with Crippen molar-refractivity contribution in [1.82, 2.24) is 15.6 Å². The minimum atomic E-state index is -5.08. The lowest BCUT2D eigenvalue weighted by Gasteiger charge is -2.31. The second-order valence-corrected chi connectivity index (χ2v) is 10.8. The van der Waals surface area contributed by atoms with Crippen molar-refractivity contribution in [3.8, 4) is 0 Å². The van der Waals surface area contributed by atoms with Crippen LogP contribution in [0.4, 0.5) is 24.5 Å². The molecule has 41 heavy (non-hydrogen) atoms. The Kier molecular flexibility index (Phi) is 10.3. The third-order valence-electron chi connectivity index (χ3n) is 6.17. The van der Waals surface area contributed by atoms with Crippen molar-refractivity contribution in [2.75, 3.05) is 35.8 Å². The van der Waals surface area contributed by atoms with Crippen LogP contribution in [0.1, 0.15) is 27.0 Å². The summed E-state index contributed by atoms with van der Waals surface area (Å²) in [7, 11) is -3.84. The van der Waals surface area contributed by atoms with Gasteiger partial charge in [0.15, 0.2) is 0 Å². The van der Waals surface area contributed by atoms with Gasteiger partial charge in [0.25, 0.3) is 15.9 Å². The highest BCUT2D eigenvalue weighted by Crippen LogP contribution is 2.30. The van der Waals surface area contributed by atoms with Crippen LogP contribution < -0.4 is 20.3 Å². The molecule has 0 aliphatic carbocycles. The third kappa shape index (κ3) is 8.91. The van der Waals surface area contributed by atoms with Gasteiger partial charge in [-0.15, -0.1) is 0 Å². The topological polar surface area (TPSA) is 141 Å². The van der Waals surface area contributed by atoms with Crippen LogP contribution in [-0.4, -0.2) is 62.7 Å². The van der Waals surface area contributed by atoms with E-state index in [0.29, 0.717) is 17.8 Å². The quantitative estimate of drug-likeness (QED) is 0.327. The maximum absolute atomic E-state index is 13.2. The number of carboxylic acids is 1. The van der Waals surface area contributed by atoms with Gasteiger partial charge < -0.3 is 20.6 Å². The Labute approximate surface area is 235 Å². The van der Waals surface area contributed by atoms with E-state index >= 15 is 0 Å². The first-order valence-electron chi connectivity index (χ1n) is 12.4. The van der Waals surface area contributed by atoms with Crippen molar-refractivity contribution in [1.29, 1.82) is 0 Å². The highest BCUT2D eigenvalue weighted by Gasteiger charge is 2.38. The van der Waals surface area contributed by atoms with Gasteiger partial charge in [0.2, 0.25) is 0 Å². The molecule has 0 radical (unpaired) electrons. The molecular weight excluding hydrogens is 563 g/mol. The SMILES string of the molecule is Cc1ccc(S(=O)(=O)Nc2cc(C(=O)NCc3cccnc3)ccc2N2CCNCC2)cc1C.O=C(O)C(F)(F)F. The summed E-state index contributed by atoms with van der Waals surface area (Å²) in [6, 6.07) is 13.9. The normalized spacial score (nSPS) is 13.5. The number of rotatable bonds is 7. The standard InChI is InChI=1S/C25H29N5O3S.C2HF3O2/c1-18-5-7-22(14-19(18)2)34(32,33)29-23-15-21(6-8-24(23)30-12-10-26-11-13-30)25(31)28-17-20-4-3-9-27-16-20;3-2(4,5)1(6)7/h3-9,14-16,26,29H,10-13,17H2,1-2H3,(H,28,31);(H,6,7). The number of benzene rings is 2. The molecule has 0 atom stereocenters. The predicted octanol–water partition coefficient (Wildman–Crippen LogP) is 3.47. The first-order valence-corrected chi connectivity index (χ1v) is 13.9. The average Bonchev–Trinajstić information content (AvgIpc) is 2.93. The number of halogens is 3. The lowest BCUT2D eigenvalue weighted by Crippen LogP contribution is -2.43. The molecule has 2 heterocycles. The number of carboxylic acid groups (broad SMARTS) is 1. The molecule has 4 N–H and O–H groups in total. The molecule has 1 aromatic heterocycles. The second kappa shape index (κ2) is 13.5. The fourth-order valence-corrected chi connectivity index (χ4v) is 4.96. The number of nitrogens with one attached hydrogen (secondary N) is 3. The molecule has 0 saturated carbocycles. The Bertz CT molecular complexity index is 1480. The number of amides is 1. The van der Waals surface area contributed by atoms with Gasteiger partial charge in [0.1, 0.15) is 0 Å². The highest BCUT2D eigenvalue weighted by molar-refractivity contribution is 7.92. The van der Waals surface area contributed by atoms with Crippen molar-refractivity contribution < 1.29 is 36.3 Å². The first-order chi connectivity index (χ1) is 19.3. The first kappa shape index (κ1) is 31.4. The number of carbonyl (C=O) groups is 2. The van der Waals surface area contributed by atoms with E-state index in [1.807, 2.05) is 32.0 Å². The zero-order valence-corrected chi connectivity index (χ0v) is 23.1. The van der Waals surface area contributed by atoms with E-state index in [1.54, 1.807) is 42.7 Å². The molecule has 14 heteroatoms. The maximum Gasteiger partial charge on any atom is 0.490 e. The van der Waals surface area contributed by atoms with Crippen molar-refractivity contribution in [3.63, 3.8) is 0 Å². The number of aromatic nitrogens is 1.